The Bertz CT molecular complexity index is 767. The largest absolute Gasteiger partial charge is 0.487 e. The van der Waals surface area contributed by atoms with E-state index in [0.717, 1.165) is 41.9 Å². The van der Waals surface area contributed by atoms with Gasteiger partial charge in [0.05, 0.1) is 6.04 Å². The van der Waals surface area contributed by atoms with Crippen LogP contribution in [0.2, 0.25) is 0 Å². The predicted octanol–water partition coefficient (Wildman–Crippen LogP) is 4.57. The summed E-state index contributed by atoms with van der Waals surface area (Å²) in [5.74, 6) is 1.50. The Morgan fingerprint density at radius 3 is 2.58 bits per heavy atom. The van der Waals surface area contributed by atoms with Crippen molar-refractivity contribution >= 4 is 5.91 Å². The van der Waals surface area contributed by atoms with Crippen LogP contribution >= 0.6 is 0 Å². The number of fused-ring (bicyclic) bond motifs is 1. The number of nitrogens with one attached hydrogen (secondary N) is 1. The summed E-state index contributed by atoms with van der Waals surface area (Å²) in [4.78, 5) is 12.5. The molecule has 138 valence electrons. The van der Waals surface area contributed by atoms with Gasteiger partial charge in [-0.25, -0.2) is 0 Å². The maximum atomic E-state index is 12.5. The predicted molar refractivity (Wildman–Crippen MR) is 103 cm³/mol. The quantitative estimate of drug-likeness (QED) is 0.827. The molecule has 0 fully saturated rings. The van der Waals surface area contributed by atoms with Crippen molar-refractivity contribution < 1.29 is 14.3 Å². The van der Waals surface area contributed by atoms with E-state index in [-0.39, 0.29) is 24.2 Å². The van der Waals surface area contributed by atoms with Crippen LogP contribution in [-0.2, 0) is 4.79 Å². The second kappa shape index (κ2) is 7.81. The van der Waals surface area contributed by atoms with Crippen molar-refractivity contribution in [3.05, 3.63) is 59.7 Å². The van der Waals surface area contributed by atoms with E-state index in [1.807, 2.05) is 55.5 Å². The standard InChI is InChI=1S/C22H27NO3/c1-4-22(5-2)14-18(17-11-7-9-13-20(17)26-22)23-21(24)15-25-19-12-8-6-10-16(19)3/h6-13,18H,4-5,14-15H2,1-3H3,(H,23,24)/t18-/m1/s1. The minimum absolute atomic E-state index is 0.00955. The summed E-state index contributed by atoms with van der Waals surface area (Å²) in [5.41, 5.74) is 1.82. The third-order valence-corrected chi connectivity index (χ3v) is 5.27. The minimum Gasteiger partial charge on any atom is -0.487 e. The van der Waals surface area contributed by atoms with Crippen LogP contribution in [0, 0.1) is 6.92 Å². The molecule has 1 N–H and O–H groups in total. The van der Waals surface area contributed by atoms with Crippen molar-refractivity contribution in [1.82, 2.24) is 5.32 Å². The molecule has 1 aliphatic heterocycles. The number of rotatable bonds is 6. The fourth-order valence-corrected chi connectivity index (χ4v) is 3.53. The highest BCUT2D eigenvalue weighted by atomic mass is 16.5. The third kappa shape index (κ3) is 3.85. The Labute approximate surface area is 155 Å². The third-order valence-electron chi connectivity index (χ3n) is 5.27. The number of carbonyl (C=O) groups excluding carboxylic acids is 1. The summed E-state index contributed by atoms with van der Waals surface area (Å²) in [6.45, 7) is 6.25. The van der Waals surface area contributed by atoms with Gasteiger partial charge in [0.25, 0.3) is 5.91 Å². The van der Waals surface area contributed by atoms with Crippen LogP contribution in [0.15, 0.2) is 48.5 Å². The highest BCUT2D eigenvalue weighted by Crippen LogP contribution is 2.42. The first-order chi connectivity index (χ1) is 12.6. The summed E-state index contributed by atoms with van der Waals surface area (Å²) < 4.78 is 12.0. The molecule has 0 saturated carbocycles. The molecule has 1 heterocycles. The van der Waals surface area contributed by atoms with Gasteiger partial charge in [-0.3, -0.25) is 4.79 Å². The lowest BCUT2D eigenvalue weighted by Gasteiger charge is -2.41. The SMILES string of the molecule is CCC1(CC)C[C@@H](NC(=O)COc2ccccc2C)c2ccccc2O1. The molecular formula is C22H27NO3. The van der Waals surface area contributed by atoms with Gasteiger partial charge in [0.2, 0.25) is 0 Å². The van der Waals surface area contributed by atoms with Crippen LogP contribution < -0.4 is 14.8 Å². The van der Waals surface area contributed by atoms with E-state index >= 15 is 0 Å². The first-order valence-electron chi connectivity index (χ1n) is 9.32. The fraction of sp³-hybridized carbons (Fsp3) is 0.409. The monoisotopic (exact) mass is 353 g/mol. The van der Waals surface area contributed by atoms with Crippen molar-refractivity contribution in [3.8, 4) is 11.5 Å². The molecule has 0 bridgehead atoms. The summed E-state index contributed by atoms with van der Waals surface area (Å²) in [6, 6.07) is 15.6. The van der Waals surface area contributed by atoms with E-state index in [2.05, 4.69) is 19.2 Å². The summed E-state index contributed by atoms with van der Waals surface area (Å²) in [5, 5.41) is 3.14. The van der Waals surface area contributed by atoms with Gasteiger partial charge < -0.3 is 14.8 Å². The van der Waals surface area contributed by atoms with Crippen molar-refractivity contribution in [3.63, 3.8) is 0 Å². The second-order valence-corrected chi connectivity index (χ2v) is 6.91. The molecule has 4 nitrogen and oxygen atoms in total. The van der Waals surface area contributed by atoms with Crippen molar-refractivity contribution in [2.75, 3.05) is 6.61 Å². The number of hydrogen-bond acceptors (Lipinski definition) is 3. The Kier molecular flexibility index (Phi) is 5.50. The maximum Gasteiger partial charge on any atom is 0.258 e. The molecule has 0 unspecified atom stereocenters. The Balaban J connectivity index is 1.71. The first kappa shape index (κ1) is 18.3. The summed E-state index contributed by atoms with van der Waals surface area (Å²) >= 11 is 0. The second-order valence-electron chi connectivity index (χ2n) is 6.91. The molecule has 0 saturated heterocycles. The summed E-state index contributed by atoms with van der Waals surface area (Å²) in [6.07, 6.45) is 2.58. The normalized spacial score (nSPS) is 17.7. The van der Waals surface area contributed by atoms with Gasteiger partial charge in [0.15, 0.2) is 6.61 Å². The molecule has 3 rings (SSSR count). The lowest BCUT2D eigenvalue weighted by Crippen LogP contribution is -2.45. The Hall–Kier alpha value is -2.49. The fourth-order valence-electron chi connectivity index (χ4n) is 3.53. The smallest absolute Gasteiger partial charge is 0.258 e. The number of aryl methyl sites for hydroxylation is 1. The van der Waals surface area contributed by atoms with Crippen molar-refractivity contribution in [2.24, 2.45) is 0 Å². The van der Waals surface area contributed by atoms with Crippen molar-refractivity contribution in [2.45, 2.75) is 51.7 Å². The van der Waals surface area contributed by atoms with E-state index in [9.17, 15) is 4.79 Å². The molecule has 4 heteroatoms. The lowest BCUT2D eigenvalue weighted by atomic mass is 9.83. The van der Waals surface area contributed by atoms with Gasteiger partial charge in [-0.15, -0.1) is 0 Å². The van der Waals surface area contributed by atoms with E-state index in [1.165, 1.54) is 0 Å². The number of amides is 1. The highest BCUT2D eigenvalue weighted by Gasteiger charge is 2.38. The van der Waals surface area contributed by atoms with Gasteiger partial charge >= 0.3 is 0 Å². The van der Waals surface area contributed by atoms with Crippen molar-refractivity contribution in [1.29, 1.82) is 0 Å². The number of ether oxygens (including phenoxy) is 2. The van der Waals surface area contributed by atoms with Crippen LogP contribution in [0.25, 0.3) is 0 Å². The van der Waals surface area contributed by atoms with E-state index in [1.54, 1.807) is 0 Å². The molecule has 1 amide bonds. The van der Waals surface area contributed by atoms with Crippen LogP contribution in [0.3, 0.4) is 0 Å². The van der Waals surface area contributed by atoms with Crippen LogP contribution in [0.5, 0.6) is 11.5 Å². The van der Waals surface area contributed by atoms with Gasteiger partial charge in [-0.1, -0.05) is 50.2 Å². The molecule has 2 aromatic carbocycles. The number of benzene rings is 2. The zero-order chi connectivity index (χ0) is 18.6. The molecule has 0 spiro atoms. The topological polar surface area (TPSA) is 47.6 Å². The van der Waals surface area contributed by atoms with Gasteiger partial charge in [-0.05, 0) is 37.5 Å². The zero-order valence-corrected chi connectivity index (χ0v) is 15.7. The summed E-state index contributed by atoms with van der Waals surface area (Å²) in [7, 11) is 0. The number of carbonyl (C=O) groups is 1. The first-order valence-corrected chi connectivity index (χ1v) is 9.32. The molecule has 2 aromatic rings. The molecular weight excluding hydrogens is 326 g/mol. The lowest BCUT2D eigenvalue weighted by molar-refractivity contribution is -0.124. The van der Waals surface area contributed by atoms with Crippen LogP contribution in [0.4, 0.5) is 0 Å². The molecule has 0 aromatic heterocycles. The van der Waals surface area contributed by atoms with E-state index < -0.39 is 0 Å². The Morgan fingerprint density at radius 1 is 1.15 bits per heavy atom. The molecule has 26 heavy (non-hydrogen) atoms. The molecule has 0 radical (unpaired) electrons. The van der Waals surface area contributed by atoms with Gasteiger partial charge in [0.1, 0.15) is 17.1 Å². The van der Waals surface area contributed by atoms with E-state index in [4.69, 9.17) is 9.47 Å². The molecule has 1 atom stereocenters. The molecule has 0 aliphatic carbocycles. The minimum atomic E-state index is -0.233. The van der Waals surface area contributed by atoms with Gasteiger partial charge in [-0.2, -0.15) is 0 Å². The van der Waals surface area contributed by atoms with E-state index in [0.29, 0.717) is 0 Å². The van der Waals surface area contributed by atoms with Crippen LogP contribution in [0.1, 0.15) is 50.3 Å². The Morgan fingerprint density at radius 2 is 1.85 bits per heavy atom. The number of para-hydroxylation sites is 2. The highest BCUT2D eigenvalue weighted by molar-refractivity contribution is 5.78. The molecule has 1 aliphatic rings. The van der Waals surface area contributed by atoms with Crippen LogP contribution in [-0.4, -0.2) is 18.1 Å². The van der Waals surface area contributed by atoms with Gasteiger partial charge in [0, 0.05) is 12.0 Å². The number of hydrogen-bond donors (Lipinski definition) is 1. The average molecular weight is 353 g/mol. The maximum absolute atomic E-state index is 12.5. The average Bonchev–Trinajstić information content (AvgIpc) is 2.67. The zero-order valence-electron chi connectivity index (χ0n) is 15.7.